The molecule has 0 aliphatic carbocycles. The van der Waals surface area contributed by atoms with Crippen LogP contribution in [0, 0.1) is 6.92 Å². The minimum Gasteiger partial charge on any atom is -0.358 e. The van der Waals surface area contributed by atoms with E-state index in [0.29, 0.717) is 0 Å². The number of rotatable bonds is 2. The summed E-state index contributed by atoms with van der Waals surface area (Å²) < 4.78 is 22.2. The lowest BCUT2D eigenvalue weighted by atomic mass is 10.2. The number of aromatic nitrogens is 1. The number of hydrogen-bond donors (Lipinski definition) is 1. The van der Waals surface area contributed by atoms with E-state index in [1.807, 2.05) is 31.2 Å². The van der Waals surface area contributed by atoms with Crippen molar-refractivity contribution in [3.05, 3.63) is 35.5 Å². The van der Waals surface area contributed by atoms with Gasteiger partial charge in [-0.05, 0) is 30.0 Å². The monoisotopic (exact) mass is 223 g/mol. The van der Waals surface area contributed by atoms with Crippen LogP contribution in [0.25, 0.3) is 10.9 Å². The van der Waals surface area contributed by atoms with Gasteiger partial charge in [0.1, 0.15) is 0 Å². The summed E-state index contributed by atoms with van der Waals surface area (Å²) in [7, 11) is -2.97. The molecule has 2 aromatic rings. The molecule has 0 amide bonds. The zero-order chi connectivity index (χ0) is 11.1. The Balaban J connectivity index is 2.48. The van der Waals surface area contributed by atoms with E-state index in [1.165, 1.54) is 6.26 Å². The average molecular weight is 223 g/mol. The Morgan fingerprint density at radius 2 is 2.00 bits per heavy atom. The van der Waals surface area contributed by atoms with Crippen LogP contribution in [-0.4, -0.2) is 19.7 Å². The van der Waals surface area contributed by atoms with Crippen molar-refractivity contribution in [3.63, 3.8) is 0 Å². The fourth-order valence-corrected chi connectivity index (χ4v) is 2.38. The smallest absolute Gasteiger partial charge is 0.153 e. The number of hydrogen-bond acceptors (Lipinski definition) is 2. The molecule has 1 heterocycles. The lowest BCUT2D eigenvalue weighted by Crippen LogP contribution is -2.00. The van der Waals surface area contributed by atoms with Crippen molar-refractivity contribution in [1.82, 2.24) is 4.98 Å². The van der Waals surface area contributed by atoms with Crippen LogP contribution < -0.4 is 0 Å². The lowest BCUT2D eigenvalue weighted by Gasteiger charge is -1.93. The van der Waals surface area contributed by atoms with Gasteiger partial charge in [0.05, 0.1) is 5.75 Å². The largest absolute Gasteiger partial charge is 0.358 e. The molecule has 0 radical (unpaired) electrons. The maximum atomic E-state index is 11.1. The minimum atomic E-state index is -2.97. The van der Waals surface area contributed by atoms with Gasteiger partial charge in [-0.15, -0.1) is 0 Å². The second-order valence-electron chi connectivity index (χ2n) is 3.96. The van der Waals surface area contributed by atoms with Crippen LogP contribution in [0.5, 0.6) is 0 Å². The highest BCUT2D eigenvalue weighted by atomic mass is 32.2. The highest BCUT2D eigenvalue weighted by Gasteiger charge is 2.07. The van der Waals surface area contributed by atoms with Crippen molar-refractivity contribution < 1.29 is 8.42 Å². The van der Waals surface area contributed by atoms with Crippen LogP contribution in [-0.2, 0) is 15.6 Å². The maximum absolute atomic E-state index is 11.1. The standard InChI is InChI=1S/C11H13NO2S/c1-8-3-4-9-6-10(7-15(2,13)14)12-11(9)5-8/h3-6,12H,7H2,1-2H3. The third kappa shape index (κ3) is 2.39. The Morgan fingerprint density at radius 1 is 1.27 bits per heavy atom. The molecule has 0 unspecified atom stereocenters. The number of H-pyrrole nitrogens is 1. The fourth-order valence-electron chi connectivity index (χ4n) is 1.66. The van der Waals surface area contributed by atoms with E-state index in [9.17, 15) is 8.42 Å². The van der Waals surface area contributed by atoms with Gasteiger partial charge in [-0.2, -0.15) is 0 Å². The molecular formula is C11H13NO2S. The summed E-state index contributed by atoms with van der Waals surface area (Å²) in [5.74, 6) is 0.0702. The summed E-state index contributed by atoms with van der Waals surface area (Å²) in [6.45, 7) is 2.01. The third-order valence-corrected chi connectivity index (χ3v) is 3.09. The van der Waals surface area contributed by atoms with Crippen molar-refractivity contribution in [2.24, 2.45) is 0 Å². The quantitative estimate of drug-likeness (QED) is 0.846. The molecule has 0 aliphatic rings. The van der Waals surface area contributed by atoms with Gasteiger partial charge < -0.3 is 4.98 Å². The summed E-state index contributed by atoms with van der Waals surface area (Å²) in [5, 5.41) is 1.05. The molecule has 0 saturated carbocycles. The first-order valence-electron chi connectivity index (χ1n) is 4.70. The molecule has 0 atom stereocenters. The predicted molar refractivity (Wildman–Crippen MR) is 61.6 cm³/mol. The van der Waals surface area contributed by atoms with Crippen molar-refractivity contribution >= 4 is 20.7 Å². The molecule has 0 aliphatic heterocycles. The van der Waals surface area contributed by atoms with E-state index in [0.717, 1.165) is 22.2 Å². The van der Waals surface area contributed by atoms with Crippen molar-refractivity contribution in [1.29, 1.82) is 0 Å². The lowest BCUT2D eigenvalue weighted by molar-refractivity contribution is 0.600. The summed E-state index contributed by atoms with van der Waals surface area (Å²) >= 11 is 0. The normalized spacial score (nSPS) is 12.1. The van der Waals surface area contributed by atoms with Crippen molar-refractivity contribution in [3.8, 4) is 0 Å². The molecular weight excluding hydrogens is 210 g/mol. The zero-order valence-corrected chi connectivity index (χ0v) is 9.56. The van der Waals surface area contributed by atoms with Gasteiger partial charge in [0.25, 0.3) is 0 Å². The highest BCUT2D eigenvalue weighted by molar-refractivity contribution is 7.89. The van der Waals surface area contributed by atoms with Gasteiger partial charge in [-0.1, -0.05) is 12.1 Å². The number of benzene rings is 1. The number of nitrogens with one attached hydrogen (secondary N) is 1. The Kier molecular flexibility index (Phi) is 2.31. The number of fused-ring (bicyclic) bond motifs is 1. The van der Waals surface area contributed by atoms with E-state index in [-0.39, 0.29) is 5.75 Å². The van der Waals surface area contributed by atoms with Gasteiger partial charge in [-0.25, -0.2) is 8.42 Å². The van der Waals surface area contributed by atoms with Crippen LogP contribution in [0.3, 0.4) is 0 Å². The van der Waals surface area contributed by atoms with Crippen molar-refractivity contribution in [2.75, 3.05) is 6.26 Å². The molecule has 2 rings (SSSR count). The first kappa shape index (κ1) is 10.2. The van der Waals surface area contributed by atoms with Gasteiger partial charge in [-0.3, -0.25) is 0 Å². The van der Waals surface area contributed by atoms with E-state index < -0.39 is 9.84 Å². The average Bonchev–Trinajstić information content (AvgIpc) is 2.42. The topological polar surface area (TPSA) is 49.9 Å². The van der Waals surface area contributed by atoms with Gasteiger partial charge in [0.2, 0.25) is 0 Å². The molecule has 3 nitrogen and oxygen atoms in total. The predicted octanol–water partition coefficient (Wildman–Crippen LogP) is 2.02. The van der Waals surface area contributed by atoms with Crippen LogP contribution in [0.15, 0.2) is 24.3 Å². The van der Waals surface area contributed by atoms with Gasteiger partial charge in [0.15, 0.2) is 9.84 Å². The summed E-state index contributed by atoms with van der Waals surface area (Å²) in [6.07, 6.45) is 1.24. The SMILES string of the molecule is Cc1ccc2cc(CS(C)(=O)=O)[nH]c2c1. The molecule has 0 saturated heterocycles. The molecule has 80 valence electrons. The summed E-state index contributed by atoms with van der Waals surface area (Å²) in [6, 6.07) is 7.91. The second kappa shape index (κ2) is 3.38. The highest BCUT2D eigenvalue weighted by Crippen LogP contribution is 2.17. The molecule has 1 aromatic carbocycles. The Bertz CT molecular complexity index is 596. The molecule has 1 N–H and O–H groups in total. The molecule has 0 fully saturated rings. The second-order valence-corrected chi connectivity index (χ2v) is 6.10. The van der Waals surface area contributed by atoms with Gasteiger partial charge >= 0.3 is 0 Å². The fraction of sp³-hybridized carbons (Fsp3) is 0.273. The third-order valence-electron chi connectivity index (χ3n) is 2.25. The van der Waals surface area contributed by atoms with E-state index in [1.54, 1.807) is 0 Å². The number of sulfone groups is 1. The molecule has 0 bridgehead atoms. The zero-order valence-electron chi connectivity index (χ0n) is 8.74. The van der Waals surface area contributed by atoms with Crippen LogP contribution in [0.1, 0.15) is 11.3 Å². The minimum absolute atomic E-state index is 0.0702. The van der Waals surface area contributed by atoms with E-state index in [2.05, 4.69) is 4.98 Å². The Morgan fingerprint density at radius 3 is 2.67 bits per heavy atom. The summed E-state index contributed by atoms with van der Waals surface area (Å²) in [4.78, 5) is 3.11. The van der Waals surface area contributed by atoms with Crippen LogP contribution >= 0.6 is 0 Å². The van der Waals surface area contributed by atoms with E-state index >= 15 is 0 Å². The number of aryl methyl sites for hydroxylation is 1. The van der Waals surface area contributed by atoms with E-state index in [4.69, 9.17) is 0 Å². The van der Waals surface area contributed by atoms with Gasteiger partial charge in [0, 0.05) is 17.5 Å². The molecule has 15 heavy (non-hydrogen) atoms. The Hall–Kier alpha value is -1.29. The van der Waals surface area contributed by atoms with Crippen LogP contribution in [0.2, 0.25) is 0 Å². The first-order valence-corrected chi connectivity index (χ1v) is 6.76. The number of aromatic amines is 1. The van der Waals surface area contributed by atoms with Crippen LogP contribution in [0.4, 0.5) is 0 Å². The first-order chi connectivity index (χ1) is 6.94. The molecule has 1 aromatic heterocycles. The molecule has 0 spiro atoms. The Labute approximate surface area is 89.0 Å². The van der Waals surface area contributed by atoms with Crippen molar-refractivity contribution in [2.45, 2.75) is 12.7 Å². The summed E-state index contributed by atoms with van der Waals surface area (Å²) in [5.41, 5.74) is 2.90. The maximum Gasteiger partial charge on any atom is 0.153 e. The molecule has 4 heteroatoms.